The van der Waals surface area contributed by atoms with Gasteiger partial charge in [-0.15, -0.1) is 0 Å². The Kier molecular flexibility index (Phi) is 2.87. The van der Waals surface area contributed by atoms with E-state index in [1.807, 2.05) is 0 Å². The van der Waals surface area contributed by atoms with Gasteiger partial charge in [0.2, 0.25) is 0 Å². The molecule has 3 nitrogen and oxygen atoms in total. The highest BCUT2D eigenvalue weighted by Gasteiger charge is 2.27. The van der Waals surface area contributed by atoms with Crippen molar-refractivity contribution >= 4 is 0 Å². The largest absolute Gasteiger partial charge is 0.377 e. The first kappa shape index (κ1) is 8.97. The lowest BCUT2D eigenvalue weighted by molar-refractivity contribution is -0.0533. The van der Waals surface area contributed by atoms with Crippen LogP contribution in [0.1, 0.15) is 6.92 Å². The van der Waals surface area contributed by atoms with Crippen molar-refractivity contribution in [3.8, 4) is 0 Å². The zero-order chi connectivity index (χ0) is 8.32. The maximum atomic E-state index is 5.40. The van der Waals surface area contributed by atoms with Crippen molar-refractivity contribution < 1.29 is 9.47 Å². The van der Waals surface area contributed by atoms with Crippen molar-refractivity contribution in [2.24, 2.45) is 0 Å². The Bertz CT molecular complexity index is 129. The predicted octanol–water partition coefficient (Wildman–Crippen LogP) is 0.353. The molecule has 1 rings (SSSR count). The summed E-state index contributed by atoms with van der Waals surface area (Å²) in [5.41, 5.74) is -0.120. The van der Waals surface area contributed by atoms with Crippen molar-refractivity contribution in [1.82, 2.24) is 4.90 Å². The van der Waals surface area contributed by atoms with Crippen molar-refractivity contribution in [2.75, 3.05) is 40.5 Å². The summed E-state index contributed by atoms with van der Waals surface area (Å²) in [5.74, 6) is 0. The van der Waals surface area contributed by atoms with Gasteiger partial charge in [0.15, 0.2) is 0 Å². The minimum Gasteiger partial charge on any atom is -0.377 e. The first-order chi connectivity index (χ1) is 5.16. The molecule has 0 aliphatic carbocycles. The second kappa shape index (κ2) is 3.52. The zero-order valence-corrected chi connectivity index (χ0v) is 7.59. The van der Waals surface area contributed by atoms with E-state index in [-0.39, 0.29) is 5.60 Å². The summed E-state index contributed by atoms with van der Waals surface area (Å²) in [6, 6.07) is 0. The average Bonchev–Trinajstić information content (AvgIpc) is 2.13. The number of likely N-dealkylation sites (N-methyl/N-ethyl adjacent to an activating group) is 1. The molecule has 0 spiro atoms. The molecule has 0 radical (unpaired) electrons. The molecular formula is C8H17NO2. The SMILES string of the molecule is CO[C@]1(C)COCCN(C)C1. The van der Waals surface area contributed by atoms with Gasteiger partial charge < -0.3 is 14.4 Å². The molecule has 0 bridgehead atoms. The van der Waals surface area contributed by atoms with Crippen LogP contribution in [0.5, 0.6) is 0 Å². The number of hydrogen-bond acceptors (Lipinski definition) is 3. The average molecular weight is 159 g/mol. The van der Waals surface area contributed by atoms with Gasteiger partial charge in [0, 0.05) is 20.2 Å². The molecular weight excluding hydrogens is 142 g/mol. The molecule has 1 atom stereocenters. The second-order valence-electron chi connectivity index (χ2n) is 3.44. The minimum atomic E-state index is -0.120. The van der Waals surface area contributed by atoms with Gasteiger partial charge in [0.25, 0.3) is 0 Å². The van der Waals surface area contributed by atoms with Gasteiger partial charge in [-0.05, 0) is 14.0 Å². The van der Waals surface area contributed by atoms with Gasteiger partial charge in [0.1, 0.15) is 5.60 Å². The summed E-state index contributed by atoms with van der Waals surface area (Å²) in [6.45, 7) is 5.54. The highest BCUT2D eigenvalue weighted by atomic mass is 16.5. The molecule has 1 aliphatic rings. The van der Waals surface area contributed by atoms with E-state index in [1.165, 1.54) is 0 Å². The molecule has 0 unspecified atom stereocenters. The van der Waals surface area contributed by atoms with Crippen molar-refractivity contribution in [1.29, 1.82) is 0 Å². The highest BCUT2D eigenvalue weighted by molar-refractivity contribution is 4.80. The summed E-state index contributed by atoms with van der Waals surface area (Å²) < 4.78 is 10.8. The lowest BCUT2D eigenvalue weighted by atomic mass is 10.1. The van der Waals surface area contributed by atoms with Crippen LogP contribution in [0.4, 0.5) is 0 Å². The van der Waals surface area contributed by atoms with Gasteiger partial charge in [-0.1, -0.05) is 0 Å². The minimum absolute atomic E-state index is 0.120. The molecule has 0 aromatic rings. The van der Waals surface area contributed by atoms with E-state index in [0.29, 0.717) is 6.61 Å². The molecule has 1 heterocycles. The van der Waals surface area contributed by atoms with E-state index in [0.717, 1.165) is 19.7 Å². The van der Waals surface area contributed by atoms with Gasteiger partial charge in [-0.25, -0.2) is 0 Å². The van der Waals surface area contributed by atoms with Gasteiger partial charge in [-0.3, -0.25) is 0 Å². The predicted molar refractivity (Wildman–Crippen MR) is 43.7 cm³/mol. The van der Waals surface area contributed by atoms with E-state index in [1.54, 1.807) is 7.11 Å². The van der Waals surface area contributed by atoms with Crippen LogP contribution >= 0.6 is 0 Å². The second-order valence-corrected chi connectivity index (χ2v) is 3.44. The summed E-state index contributed by atoms with van der Waals surface area (Å²) >= 11 is 0. The Balaban J connectivity index is 2.51. The van der Waals surface area contributed by atoms with Crippen LogP contribution in [-0.2, 0) is 9.47 Å². The van der Waals surface area contributed by atoms with Gasteiger partial charge >= 0.3 is 0 Å². The van der Waals surface area contributed by atoms with E-state index in [2.05, 4.69) is 18.9 Å². The highest BCUT2D eigenvalue weighted by Crippen LogP contribution is 2.13. The van der Waals surface area contributed by atoms with E-state index < -0.39 is 0 Å². The van der Waals surface area contributed by atoms with Crippen LogP contribution in [-0.4, -0.2) is 51.0 Å². The molecule has 1 saturated heterocycles. The van der Waals surface area contributed by atoms with Crippen LogP contribution in [0.15, 0.2) is 0 Å². The Hall–Kier alpha value is -0.120. The summed E-state index contributed by atoms with van der Waals surface area (Å²) in [6.07, 6.45) is 0. The molecule has 0 amide bonds. The van der Waals surface area contributed by atoms with Crippen LogP contribution in [0.3, 0.4) is 0 Å². The fraction of sp³-hybridized carbons (Fsp3) is 1.00. The molecule has 0 saturated carbocycles. The molecule has 66 valence electrons. The van der Waals surface area contributed by atoms with Crippen molar-refractivity contribution in [3.63, 3.8) is 0 Å². The number of nitrogens with zero attached hydrogens (tertiary/aromatic N) is 1. The Morgan fingerprint density at radius 1 is 1.55 bits per heavy atom. The lowest BCUT2D eigenvalue weighted by Crippen LogP contribution is -2.41. The van der Waals surface area contributed by atoms with E-state index in [9.17, 15) is 0 Å². The van der Waals surface area contributed by atoms with Crippen molar-refractivity contribution in [3.05, 3.63) is 0 Å². The molecule has 3 heteroatoms. The third-order valence-electron chi connectivity index (χ3n) is 2.12. The van der Waals surface area contributed by atoms with Gasteiger partial charge in [0.05, 0.1) is 13.2 Å². The molecule has 0 aromatic carbocycles. The first-order valence-corrected chi connectivity index (χ1v) is 3.98. The van der Waals surface area contributed by atoms with E-state index >= 15 is 0 Å². The monoisotopic (exact) mass is 159 g/mol. The maximum Gasteiger partial charge on any atom is 0.101 e. The quantitative estimate of drug-likeness (QED) is 0.551. The normalized spacial score (nSPS) is 35.2. The molecule has 1 fully saturated rings. The molecule has 1 aliphatic heterocycles. The van der Waals surface area contributed by atoms with Crippen LogP contribution in [0.25, 0.3) is 0 Å². The topological polar surface area (TPSA) is 21.7 Å². The Morgan fingerprint density at radius 2 is 2.27 bits per heavy atom. The van der Waals surface area contributed by atoms with Crippen LogP contribution in [0, 0.1) is 0 Å². The summed E-state index contributed by atoms with van der Waals surface area (Å²) in [7, 11) is 3.83. The Morgan fingerprint density at radius 3 is 2.91 bits per heavy atom. The maximum absolute atomic E-state index is 5.40. The third-order valence-corrected chi connectivity index (χ3v) is 2.12. The third kappa shape index (κ3) is 2.43. The summed E-state index contributed by atoms with van der Waals surface area (Å²) in [4.78, 5) is 2.23. The zero-order valence-electron chi connectivity index (χ0n) is 7.59. The fourth-order valence-corrected chi connectivity index (χ4v) is 1.33. The molecule has 0 N–H and O–H groups in total. The number of ether oxygens (including phenoxy) is 2. The standard InChI is InChI=1S/C8H17NO2/c1-8(10-3)6-9(2)4-5-11-7-8/h4-7H2,1-3H3/t8-/m0/s1. The Labute approximate surface area is 68.3 Å². The van der Waals surface area contributed by atoms with E-state index in [4.69, 9.17) is 9.47 Å². The van der Waals surface area contributed by atoms with Crippen LogP contribution in [0.2, 0.25) is 0 Å². The van der Waals surface area contributed by atoms with Gasteiger partial charge in [-0.2, -0.15) is 0 Å². The van der Waals surface area contributed by atoms with Crippen molar-refractivity contribution in [2.45, 2.75) is 12.5 Å². The molecule has 0 aromatic heterocycles. The number of hydrogen-bond donors (Lipinski definition) is 0. The molecule has 11 heavy (non-hydrogen) atoms. The lowest BCUT2D eigenvalue weighted by Gasteiger charge is -2.28. The van der Waals surface area contributed by atoms with Crippen LogP contribution < -0.4 is 0 Å². The number of rotatable bonds is 1. The number of methoxy groups -OCH3 is 1. The summed E-state index contributed by atoms with van der Waals surface area (Å²) in [5, 5.41) is 0. The smallest absolute Gasteiger partial charge is 0.101 e. The first-order valence-electron chi connectivity index (χ1n) is 3.98. The fourth-order valence-electron chi connectivity index (χ4n) is 1.33.